The summed E-state index contributed by atoms with van der Waals surface area (Å²) in [7, 11) is 1.72. The van der Waals surface area contributed by atoms with Gasteiger partial charge in [0.25, 0.3) is 0 Å². The second-order valence-electron chi connectivity index (χ2n) is 6.50. The molecule has 1 aromatic carbocycles. The maximum absolute atomic E-state index is 12.2. The molecule has 2 amide bonds. The van der Waals surface area contributed by atoms with E-state index in [1.165, 1.54) is 24.0 Å². The van der Waals surface area contributed by atoms with Gasteiger partial charge in [0.1, 0.15) is 0 Å². The number of aliphatic hydroxyl groups is 1. The Hall–Kier alpha value is -1.59. The van der Waals surface area contributed by atoms with Gasteiger partial charge in [0.05, 0.1) is 18.7 Å². The summed E-state index contributed by atoms with van der Waals surface area (Å²) in [5, 5.41) is 12.2. The summed E-state index contributed by atoms with van der Waals surface area (Å²) in [5.41, 5.74) is 2.49. The van der Waals surface area contributed by atoms with Crippen LogP contribution in [0.25, 0.3) is 0 Å². The molecule has 1 fully saturated rings. The number of carbonyl (C=O) groups excluding carboxylic acids is 1. The van der Waals surface area contributed by atoms with Crippen molar-refractivity contribution in [1.29, 1.82) is 0 Å². The van der Waals surface area contributed by atoms with Crippen molar-refractivity contribution in [2.75, 3.05) is 33.3 Å². The van der Waals surface area contributed by atoms with Crippen LogP contribution < -0.4 is 5.32 Å². The Morgan fingerprint density at radius 1 is 1.30 bits per heavy atom. The first-order valence-electron chi connectivity index (χ1n) is 8.45. The van der Waals surface area contributed by atoms with Crippen LogP contribution in [0.2, 0.25) is 0 Å². The Bertz CT molecular complexity index is 497. The molecule has 2 unspecified atom stereocenters. The van der Waals surface area contributed by atoms with Crippen LogP contribution in [0.15, 0.2) is 24.3 Å². The predicted molar refractivity (Wildman–Crippen MR) is 92.4 cm³/mol. The number of likely N-dealkylation sites (N-methyl/N-ethyl adjacent to an activating group) is 1. The Morgan fingerprint density at radius 2 is 1.91 bits per heavy atom. The number of rotatable bonds is 6. The topological polar surface area (TPSA) is 55.8 Å². The van der Waals surface area contributed by atoms with E-state index in [9.17, 15) is 9.90 Å². The van der Waals surface area contributed by atoms with E-state index >= 15 is 0 Å². The van der Waals surface area contributed by atoms with Crippen LogP contribution in [0.1, 0.15) is 36.9 Å². The fourth-order valence-electron chi connectivity index (χ4n) is 2.93. The molecule has 0 radical (unpaired) electrons. The lowest BCUT2D eigenvalue weighted by molar-refractivity contribution is 0.153. The minimum Gasteiger partial charge on any atom is -0.394 e. The number of aryl methyl sites for hydroxylation is 1. The van der Waals surface area contributed by atoms with Crippen LogP contribution >= 0.6 is 0 Å². The Morgan fingerprint density at radius 3 is 2.48 bits per heavy atom. The number of nitrogens with one attached hydrogen (secondary N) is 1. The van der Waals surface area contributed by atoms with Gasteiger partial charge in [0.2, 0.25) is 0 Å². The molecule has 2 N–H and O–H groups in total. The summed E-state index contributed by atoms with van der Waals surface area (Å²) >= 11 is 0. The van der Waals surface area contributed by atoms with E-state index < -0.39 is 0 Å². The number of hydrogen-bond acceptors (Lipinski definition) is 3. The smallest absolute Gasteiger partial charge is 0.317 e. The number of carbonyl (C=O) groups is 1. The highest BCUT2D eigenvalue weighted by Gasteiger charge is 2.24. The van der Waals surface area contributed by atoms with Crippen molar-refractivity contribution in [3.63, 3.8) is 0 Å². The molecule has 5 heteroatoms. The minimum absolute atomic E-state index is 0.0303. The molecule has 1 aromatic rings. The number of urea groups is 1. The van der Waals surface area contributed by atoms with E-state index in [2.05, 4.69) is 41.4 Å². The summed E-state index contributed by atoms with van der Waals surface area (Å²) in [5.74, 6) is 0. The molecule has 0 spiro atoms. The molecule has 128 valence electrons. The standard InChI is InChI=1S/C18H29N3O2/c1-14-6-8-16(9-7-14)17(21-10-4-5-11-21)12-19-18(23)20(3)15(2)13-22/h6-9,15,17,22H,4-5,10-13H2,1-3H3,(H,19,23). The minimum atomic E-state index is -0.181. The molecule has 5 nitrogen and oxygen atoms in total. The lowest BCUT2D eigenvalue weighted by Crippen LogP contribution is -2.46. The van der Waals surface area contributed by atoms with Crippen LogP contribution in [0.3, 0.4) is 0 Å². The Labute approximate surface area is 139 Å². The van der Waals surface area contributed by atoms with Gasteiger partial charge in [-0.1, -0.05) is 29.8 Å². The fraction of sp³-hybridized carbons (Fsp3) is 0.611. The van der Waals surface area contributed by atoms with Crippen LogP contribution in [0.5, 0.6) is 0 Å². The van der Waals surface area contributed by atoms with Crippen molar-refractivity contribution in [2.45, 2.75) is 38.8 Å². The fourth-order valence-corrected chi connectivity index (χ4v) is 2.93. The first-order valence-corrected chi connectivity index (χ1v) is 8.45. The summed E-state index contributed by atoms with van der Waals surface area (Å²) in [6.45, 7) is 6.63. The number of likely N-dealkylation sites (tertiary alicyclic amines) is 1. The second-order valence-corrected chi connectivity index (χ2v) is 6.50. The summed E-state index contributed by atoms with van der Waals surface area (Å²) in [6.07, 6.45) is 2.44. The average molecular weight is 319 g/mol. The van der Waals surface area contributed by atoms with Gasteiger partial charge in [-0.15, -0.1) is 0 Å². The third-order valence-electron chi connectivity index (χ3n) is 4.74. The molecule has 2 atom stereocenters. The first-order chi connectivity index (χ1) is 11.0. The summed E-state index contributed by atoms with van der Waals surface area (Å²) in [4.78, 5) is 16.2. The van der Waals surface area contributed by atoms with E-state index in [-0.39, 0.29) is 24.7 Å². The molecule has 2 rings (SSSR count). The maximum Gasteiger partial charge on any atom is 0.317 e. The van der Waals surface area contributed by atoms with Gasteiger partial charge < -0.3 is 15.3 Å². The van der Waals surface area contributed by atoms with Gasteiger partial charge in [-0.05, 0) is 45.3 Å². The number of nitrogens with zero attached hydrogens (tertiary/aromatic N) is 2. The molecular weight excluding hydrogens is 290 g/mol. The molecule has 1 heterocycles. The summed E-state index contributed by atoms with van der Waals surface area (Å²) in [6, 6.07) is 8.46. The molecule has 0 saturated carbocycles. The highest BCUT2D eigenvalue weighted by molar-refractivity contribution is 5.74. The first kappa shape index (κ1) is 17.8. The quantitative estimate of drug-likeness (QED) is 0.845. The van der Waals surface area contributed by atoms with E-state index in [0.717, 1.165) is 13.1 Å². The monoisotopic (exact) mass is 319 g/mol. The van der Waals surface area contributed by atoms with Crippen molar-refractivity contribution < 1.29 is 9.90 Å². The van der Waals surface area contributed by atoms with Crippen LogP contribution in [0.4, 0.5) is 4.79 Å². The molecule has 0 bridgehead atoms. The van der Waals surface area contributed by atoms with Gasteiger partial charge >= 0.3 is 6.03 Å². The Balaban J connectivity index is 2.03. The van der Waals surface area contributed by atoms with Crippen LogP contribution in [-0.2, 0) is 0 Å². The third kappa shape index (κ3) is 4.69. The molecule has 1 aliphatic heterocycles. The van der Waals surface area contributed by atoms with Crippen LogP contribution in [0, 0.1) is 6.92 Å². The number of hydrogen-bond donors (Lipinski definition) is 2. The molecule has 1 saturated heterocycles. The zero-order valence-electron chi connectivity index (χ0n) is 14.5. The van der Waals surface area contributed by atoms with Gasteiger partial charge in [0, 0.05) is 13.6 Å². The van der Waals surface area contributed by atoms with Crippen molar-refractivity contribution in [1.82, 2.24) is 15.1 Å². The predicted octanol–water partition coefficient (Wildman–Crippen LogP) is 2.15. The second kappa shape index (κ2) is 8.31. The molecule has 0 aliphatic carbocycles. The third-order valence-corrected chi connectivity index (χ3v) is 4.74. The largest absolute Gasteiger partial charge is 0.394 e. The number of benzene rings is 1. The summed E-state index contributed by atoms with van der Waals surface area (Å²) < 4.78 is 0. The van der Waals surface area contributed by atoms with E-state index in [0.29, 0.717) is 6.54 Å². The van der Waals surface area contributed by atoms with Crippen molar-refractivity contribution in [3.05, 3.63) is 35.4 Å². The zero-order chi connectivity index (χ0) is 16.8. The SMILES string of the molecule is Cc1ccc(C(CNC(=O)N(C)C(C)CO)N2CCCC2)cc1. The molecular formula is C18H29N3O2. The van der Waals surface area contributed by atoms with Gasteiger partial charge in [-0.25, -0.2) is 4.79 Å². The highest BCUT2D eigenvalue weighted by Crippen LogP contribution is 2.25. The molecule has 0 aromatic heterocycles. The van der Waals surface area contributed by atoms with E-state index in [4.69, 9.17) is 0 Å². The normalized spacial score (nSPS) is 17.7. The lowest BCUT2D eigenvalue weighted by Gasteiger charge is -2.30. The molecule has 1 aliphatic rings. The van der Waals surface area contributed by atoms with Crippen molar-refractivity contribution >= 4 is 6.03 Å². The van der Waals surface area contributed by atoms with Gasteiger partial charge in [-0.3, -0.25) is 4.90 Å². The highest BCUT2D eigenvalue weighted by atomic mass is 16.3. The van der Waals surface area contributed by atoms with E-state index in [1.807, 2.05) is 6.92 Å². The average Bonchev–Trinajstić information content (AvgIpc) is 3.09. The van der Waals surface area contributed by atoms with E-state index in [1.54, 1.807) is 11.9 Å². The van der Waals surface area contributed by atoms with Gasteiger partial charge in [0.15, 0.2) is 0 Å². The Kier molecular flexibility index (Phi) is 6.42. The van der Waals surface area contributed by atoms with Crippen molar-refractivity contribution in [3.8, 4) is 0 Å². The maximum atomic E-state index is 12.2. The number of amides is 2. The van der Waals surface area contributed by atoms with Gasteiger partial charge in [-0.2, -0.15) is 0 Å². The van der Waals surface area contributed by atoms with Crippen LogP contribution in [-0.4, -0.2) is 60.3 Å². The zero-order valence-corrected chi connectivity index (χ0v) is 14.5. The lowest BCUT2D eigenvalue weighted by atomic mass is 10.0. The van der Waals surface area contributed by atoms with Crippen molar-refractivity contribution in [2.24, 2.45) is 0 Å². The number of aliphatic hydroxyl groups excluding tert-OH is 1. The molecule has 23 heavy (non-hydrogen) atoms.